The van der Waals surface area contributed by atoms with Crippen LogP contribution in [0.5, 0.6) is 5.88 Å². The zero-order valence-corrected chi connectivity index (χ0v) is 13.6. The van der Waals surface area contributed by atoms with Gasteiger partial charge in [0.05, 0.1) is 5.56 Å². The first-order chi connectivity index (χ1) is 12.8. The predicted molar refractivity (Wildman–Crippen MR) is 100 cm³/mol. The Bertz CT molecular complexity index is 1150. The lowest BCUT2D eigenvalue weighted by atomic mass is 10.1. The van der Waals surface area contributed by atoms with E-state index in [4.69, 9.17) is 0 Å². The van der Waals surface area contributed by atoms with Gasteiger partial charge in [-0.15, -0.1) is 0 Å². The smallest absolute Gasteiger partial charge is 0.267 e. The van der Waals surface area contributed by atoms with E-state index in [0.29, 0.717) is 28.0 Å². The molecule has 4 rings (SSSR count). The van der Waals surface area contributed by atoms with Gasteiger partial charge in [-0.05, 0) is 30.3 Å². The molecule has 6 heteroatoms. The zero-order chi connectivity index (χ0) is 17.9. The maximum absolute atomic E-state index is 12.9. The van der Waals surface area contributed by atoms with E-state index in [0.717, 1.165) is 0 Å². The zero-order valence-electron chi connectivity index (χ0n) is 13.6. The van der Waals surface area contributed by atoms with Crippen LogP contribution in [0.15, 0.2) is 82.8 Å². The molecule has 3 heterocycles. The number of aromatic hydroxyl groups is 1. The summed E-state index contributed by atoms with van der Waals surface area (Å²) in [6, 6.07) is 17.6. The van der Waals surface area contributed by atoms with Gasteiger partial charge in [-0.1, -0.05) is 30.3 Å². The molecule has 0 radical (unpaired) electrons. The van der Waals surface area contributed by atoms with E-state index >= 15 is 0 Å². The lowest BCUT2D eigenvalue weighted by molar-refractivity contribution is 0.435. The van der Waals surface area contributed by atoms with Crippen LogP contribution in [0, 0.1) is 0 Å². The molecule has 126 valence electrons. The molecule has 0 bridgehead atoms. The molecule has 4 aromatic rings. The van der Waals surface area contributed by atoms with Crippen molar-refractivity contribution in [3.05, 3.63) is 89.0 Å². The molecule has 0 spiro atoms. The van der Waals surface area contributed by atoms with E-state index in [-0.39, 0.29) is 11.4 Å². The molecule has 0 saturated carbocycles. The summed E-state index contributed by atoms with van der Waals surface area (Å²) in [5.74, 6) is 0.631. The van der Waals surface area contributed by atoms with Crippen molar-refractivity contribution in [1.29, 1.82) is 0 Å². The standard InChI is InChI=1S/C20H14N4O2/c25-19-15-8-2-1-7-14(15)16(13-23-17-9-3-5-11-21-17)20(26)24(19)18-10-4-6-12-22-18/h1-13,26H/b23-13+. The Morgan fingerprint density at radius 1 is 0.885 bits per heavy atom. The monoisotopic (exact) mass is 342 g/mol. The van der Waals surface area contributed by atoms with E-state index < -0.39 is 0 Å². The Balaban J connectivity index is 2.00. The fraction of sp³-hybridized carbons (Fsp3) is 0. The van der Waals surface area contributed by atoms with Gasteiger partial charge in [0.15, 0.2) is 5.82 Å². The van der Waals surface area contributed by atoms with Crippen molar-refractivity contribution >= 4 is 22.8 Å². The van der Waals surface area contributed by atoms with Crippen LogP contribution >= 0.6 is 0 Å². The molecule has 0 aliphatic heterocycles. The first-order valence-electron chi connectivity index (χ1n) is 7.99. The topological polar surface area (TPSA) is 80.4 Å². The largest absolute Gasteiger partial charge is 0.494 e. The Kier molecular flexibility index (Phi) is 3.99. The molecule has 0 saturated heterocycles. The molecule has 6 nitrogen and oxygen atoms in total. The van der Waals surface area contributed by atoms with E-state index in [1.807, 2.05) is 12.1 Å². The normalized spacial score (nSPS) is 11.2. The number of nitrogens with zero attached hydrogens (tertiary/aromatic N) is 4. The Labute approximate surface area is 148 Å². The number of pyridine rings is 3. The number of hydrogen-bond donors (Lipinski definition) is 1. The van der Waals surface area contributed by atoms with Gasteiger partial charge in [0, 0.05) is 29.4 Å². The van der Waals surface area contributed by atoms with Crippen LogP contribution in [0.2, 0.25) is 0 Å². The molecular formula is C20H14N4O2. The highest BCUT2D eigenvalue weighted by atomic mass is 16.3. The predicted octanol–water partition coefficient (Wildman–Crippen LogP) is 3.24. The lowest BCUT2D eigenvalue weighted by Gasteiger charge is -2.12. The Morgan fingerprint density at radius 3 is 2.27 bits per heavy atom. The van der Waals surface area contributed by atoms with Crippen LogP contribution in [0.4, 0.5) is 5.82 Å². The van der Waals surface area contributed by atoms with Crippen molar-refractivity contribution < 1.29 is 5.11 Å². The van der Waals surface area contributed by atoms with E-state index in [9.17, 15) is 9.90 Å². The van der Waals surface area contributed by atoms with Gasteiger partial charge >= 0.3 is 0 Å². The highest BCUT2D eigenvalue weighted by Gasteiger charge is 2.16. The molecule has 26 heavy (non-hydrogen) atoms. The molecule has 0 atom stereocenters. The van der Waals surface area contributed by atoms with Crippen molar-refractivity contribution in [3.63, 3.8) is 0 Å². The molecule has 0 aliphatic rings. The van der Waals surface area contributed by atoms with Crippen molar-refractivity contribution in [3.8, 4) is 11.7 Å². The third-order valence-corrected chi connectivity index (χ3v) is 3.96. The first-order valence-corrected chi connectivity index (χ1v) is 7.99. The average molecular weight is 342 g/mol. The summed E-state index contributed by atoms with van der Waals surface area (Å²) in [5, 5.41) is 11.9. The number of benzene rings is 1. The molecule has 1 N–H and O–H groups in total. The minimum atomic E-state index is -0.341. The molecule has 1 aromatic carbocycles. The number of aliphatic imine (C=N–C) groups is 1. The molecule has 0 aliphatic carbocycles. The summed E-state index contributed by atoms with van der Waals surface area (Å²) in [5.41, 5.74) is 0.0864. The summed E-state index contributed by atoms with van der Waals surface area (Å²) < 4.78 is 1.18. The number of fused-ring (bicyclic) bond motifs is 1. The molecule has 0 fully saturated rings. The van der Waals surface area contributed by atoms with Gasteiger partial charge in [-0.2, -0.15) is 0 Å². The summed E-state index contributed by atoms with van der Waals surface area (Å²) in [6.07, 6.45) is 4.72. The number of rotatable bonds is 3. The van der Waals surface area contributed by atoms with Crippen LogP contribution in [-0.2, 0) is 0 Å². The van der Waals surface area contributed by atoms with Gasteiger partial charge in [-0.25, -0.2) is 19.5 Å². The summed E-state index contributed by atoms with van der Waals surface area (Å²) in [6.45, 7) is 0. The summed E-state index contributed by atoms with van der Waals surface area (Å²) in [7, 11) is 0. The quantitative estimate of drug-likeness (QED) is 0.580. The van der Waals surface area contributed by atoms with Crippen LogP contribution in [-0.4, -0.2) is 25.9 Å². The van der Waals surface area contributed by atoms with Gasteiger partial charge in [0.25, 0.3) is 5.56 Å². The first kappa shape index (κ1) is 15.7. The van der Waals surface area contributed by atoms with Gasteiger partial charge in [0.2, 0.25) is 5.88 Å². The second-order valence-corrected chi connectivity index (χ2v) is 5.56. The second kappa shape index (κ2) is 6.60. The van der Waals surface area contributed by atoms with Crippen molar-refractivity contribution in [2.75, 3.05) is 0 Å². The maximum Gasteiger partial charge on any atom is 0.267 e. The van der Waals surface area contributed by atoms with Crippen molar-refractivity contribution in [1.82, 2.24) is 14.5 Å². The molecule has 3 aromatic heterocycles. The summed E-state index contributed by atoms with van der Waals surface area (Å²) >= 11 is 0. The highest BCUT2D eigenvalue weighted by molar-refractivity contribution is 6.02. The van der Waals surface area contributed by atoms with Crippen LogP contribution < -0.4 is 5.56 Å². The number of hydrogen-bond acceptors (Lipinski definition) is 5. The van der Waals surface area contributed by atoms with E-state index in [1.165, 1.54) is 10.8 Å². The molecule has 0 unspecified atom stereocenters. The second-order valence-electron chi connectivity index (χ2n) is 5.56. The maximum atomic E-state index is 12.9. The van der Waals surface area contributed by atoms with Crippen LogP contribution in [0.25, 0.3) is 16.6 Å². The minimum Gasteiger partial charge on any atom is -0.494 e. The highest BCUT2D eigenvalue weighted by Crippen LogP contribution is 2.25. The van der Waals surface area contributed by atoms with Crippen molar-refractivity contribution in [2.24, 2.45) is 4.99 Å². The minimum absolute atomic E-state index is 0.216. The van der Waals surface area contributed by atoms with E-state index in [1.54, 1.807) is 60.9 Å². The van der Waals surface area contributed by atoms with Crippen LogP contribution in [0.3, 0.4) is 0 Å². The van der Waals surface area contributed by atoms with Crippen molar-refractivity contribution in [2.45, 2.75) is 0 Å². The third kappa shape index (κ3) is 2.73. The van der Waals surface area contributed by atoms with Gasteiger partial charge in [-0.3, -0.25) is 4.79 Å². The fourth-order valence-electron chi connectivity index (χ4n) is 2.75. The third-order valence-electron chi connectivity index (χ3n) is 3.96. The molecule has 0 amide bonds. The Hall–Kier alpha value is -3.80. The fourth-order valence-corrected chi connectivity index (χ4v) is 2.75. The summed E-state index contributed by atoms with van der Waals surface area (Å²) in [4.78, 5) is 25.5. The van der Waals surface area contributed by atoms with E-state index in [2.05, 4.69) is 15.0 Å². The number of aromatic nitrogens is 3. The Morgan fingerprint density at radius 2 is 1.58 bits per heavy atom. The lowest BCUT2D eigenvalue weighted by Crippen LogP contribution is -2.20. The molecular weight excluding hydrogens is 328 g/mol. The SMILES string of the molecule is O=c1c2ccccc2c(/C=N/c2ccccn2)c(O)n1-c1ccccn1. The average Bonchev–Trinajstić information content (AvgIpc) is 2.70. The van der Waals surface area contributed by atoms with Crippen LogP contribution in [0.1, 0.15) is 5.56 Å². The van der Waals surface area contributed by atoms with Gasteiger partial charge < -0.3 is 5.11 Å². The van der Waals surface area contributed by atoms with Gasteiger partial charge in [0.1, 0.15) is 5.82 Å².